The molecule has 0 fully saturated rings. The van der Waals surface area contributed by atoms with Crippen molar-refractivity contribution in [3.63, 3.8) is 0 Å². The molecule has 0 saturated carbocycles. The van der Waals surface area contributed by atoms with Gasteiger partial charge in [-0.25, -0.2) is 0 Å². The summed E-state index contributed by atoms with van der Waals surface area (Å²) in [6.45, 7) is 3.77. The topological polar surface area (TPSA) is 86.5 Å². The Balaban J connectivity index is 1.62. The minimum Gasteiger partial charge on any atom is -0.493 e. The van der Waals surface area contributed by atoms with Crippen LogP contribution in [-0.4, -0.2) is 29.8 Å². The zero-order valence-corrected chi connectivity index (χ0v) is 14.8. The summed E-state index contributed by atoms with van der Waals surface area (Å²) in [7, 11) is 1.54. The SMILES string of the molecule is COc1ccccc1OCC(=O)Nc1nnc(-c2cc(C)cc(C)c2)o1. The standard InChI is InChI=1S/C19H19N3O4/c1-12-8-13(2)10-14(9-12)18-21-22-19(26-18)20-17(23)11-25-16-7-5-4-6-15(16)24-3/h4-10H,11H2,1-3H3,(H,20,22,23). The van der Waals surface area contributed by atoms with Gasteiger partial charge >= 0.3 is 6.01 Å². The van der Waals surface area contributed by atoms with E-state index in [9.17, 15) is 4.79 Å². The van der Waals surface area contributed by atoms with Crippen LogP contribution < -0.4 is 14.8 Å². The Morgan fingerprint density at radius 1 is 1.08 bits per heavy atom. The number of para-hydroxylation sites is 2. The van der Waals surface area contributed by atoms with Crippen molar-refractivity contribution in [2.24, 2.45) is 0 Å². The molecule has 26 heavy (non-hydrogen) atoms. The van der Waals surface area contributed by atoms with E-state index in [-0.39, 0.29) is 12.6 Å². The molecule has 0 spiro atoms. The van der Waals surface area contributed by atoms with Crippen LogP contribution in [0.15, 0.2) is 46.9 Å². The van der Waals surface area contributed by atoms with E-state index in [0.29, 0.717) is 17.4 Å². The average molecular weight is 353 g/mol. The summed E-state index contributed by atoms with van der Waals surface area (Å²) < 4.78 is 16.1. The molecule has 1 N–H and O–H groups in total. The number of nitrogens with zero attached hydrogens (tertiary/aromatic N) is 2. The molecular formula is C19H19N3O4. The first-order chi connectivity index (χ1) is 12.5. The molecule has 0 radical (unpaired) electrons. The van der Waals surface area contributed by atoms with Crippen molar-refractivity contribution < 1.29 is 18.7 Å². The molecule has 1 amide bonds. The maximum Gasteiger partial charge on any atom is 0.322 e. The predicted molar refractivity (Wildman–Crippen MR) is 96.3 cm³/mol. The van der Waals surface area contributed by atoms with Gasteiger partial charge in [0.2, 0.25) is 5.89 Å². The Bertz CT molecular complexity index is 900. The van der Waals surface area contributed by atoms with Crippen molar-refractivity contribution in [1.29, 1.82) is 0 Å². The molecule has 3 aromatic rings. The highest BCUT2D eigenvalue weighted by molar-refractivity contribution is 5.89. The number of carbonyl (C=O) groups is 1. The molecule has 1 aromatic heterocycles. The van der Waals surface area contributed by atoms with Crippen molar-refractivity contribution in [2.75, 3.05) is 19.0 Å². The van der Waals surface area contributed by atoms with Crippen LogP contribution in [-0.2, 0) is 4.79 Å². The number of carbonyl (C=O) groups excluding carboxylic acids is 1. The Hall–Kier alpha value is -3.35. The number of hydrogen-bond acceptors (Lipinski definition) is 6. The third kappa shape index (κ3) is 4.18. The molecule has 7 nitrogen and oxygen atoms in total. The lowest BCUT2D eigenvalue weighted by atomic mass is 10.1. The molecule has 1 heterocycles. The van der Waals surface area contributed by atoms with Crippen molar-refractivity contribution in [3.05, 3.63) is 53.6 Å². The Labute approximate surface area is 151 Å². The number of aryl methyl sites for hydroxylation is 2. The van der Waals surface area contributed by atoms with Gasteiger partial charge in [0.05, 0.1) is 7.11 Å². The van der Waals surface area contributed by atoms with Crippen LogP contribution in [0.4, 0.5) is 6.01 Å². The third-order valence-corrected chi connectivity index (χ3v) is 3.57. The molecule has 3 rings (SSSR count). The van der Waals surface area contributed by atoms with E-state index in [4.69, 9.17) is 13.9 Å². The van der Waals surface area contributed by atoms with Crippen LogP contribution >= 0.6 is 0 Å². The Kier molecular flexibility index (Phi) is 5.17. The lowest BCUT2D eigenvalue weighted by Crippen LogP contribution is -2.20. The minimum absolute atomic E-state index is 0.0211. The van der Waals surface area contributed by atoms with Gasteiger partial charge in [-0.2, -0.15) is 0 Å². The highest BCUT2D eigenvalue weighted by atomic mass is 16.5. The number of ether oxygens (including phenoxy) is 2. The predicted octanol–water partition coefficient (Wildman–Crippen LogP) is 3.38. The van der Waals surface area contributed by atoms with Gasteiger partial charge in [0.1, 0.15) is 0 Å². The maximum absolute atomic E-state index is 12.0. The van der Waals surface area contributed by atoms with Gasteiger partial charge in [-0.1, -0.05) is 34.4 Å². The summed E-state index contributed by atoms with van der Waals surface area (Å²) in [5, 5.41) is 10.4. The highest BCUT2D eigenvalue weighted by Gasteiger charge is 2.13. The third-order valence-electron chi connectivity index (χ3n) is 3.57. The fourth-order valence-electron chi connectivity index (χ4n) is 2.53. The van der Waals surface area contributed by atoms with E-state index in [0.717, 1.165) is 16.7 Å². The Morgan fingerprint density at radius 2 is 1.77 bits per heavy atom. The van der Waals surface area contributed by atoms with Gasteiger partial charge in [0, 0.05) is 5.56 Å². The van der Waals surface area contributed by atoms with E-state index < -0.39 is 5.91 Å². The van der Waals surface area contributed by atoms with E-state index in [1.165, 1.54) is 7.11 Å². The van der Waals surface area contributed by atoms with Crippen LogP contribution in [0, 0.1) is 13.8 Å². The van der Waals surface area contributed by atoms with Crippen molar-refractivity contribution in [2.45, 2.75) is 13.8 Å². The largest absolute Gasteiger partial charge is 0.493 e. The lowest BCUT2D eigenvalue weighted by Gasteiger charge is -2.09. The van der Waals surface area contributed by atoms with Gasteiger partial charge in [-0.3, -0.25) is 10.1 Å². The zero-order valence-electron chi connectivity index (χ0n) is 14.8. The number of nitrogens with one attached hydrogen (secondary N) is 1. The van der Waals surface area contributed by atoms with Gasteiger partial charge in [0.25, 0.3) is 5.91 Å². The number of benzene rings is 2. The molecule has 0 aliphatic rings. The summed E-state index contributed by atoms with van der Waals surface area (Å²) in [4.78, 5) is 12.0. The number of anilines is 1. The van der Waals surface area contributed by atoms with Crippen LogP contribution in [0.3, 0.4) is 0 Å². The van der Waals surface area contributed by atoms with E-state index in [2.05, 4.69) is 21.6 Å². The van der Waals surface area contributed by atoms with Crippen LogP contribution in [0.25, 0.3) is 11.5 Å². The van der Waals surface area contributed by atoms with Crippen LogP contribution in [0.5, 0.6) is 11.5 Å². The molecule has 0 saturated heterocycles. The van der Waals surface area contributed by atoms with Gasteiger partial charge in [-0.05, 0) is 38.1 Å². The van der Waals surface area contributed by atoms with Crippen molar-refractivity contribution in [3.8, 4) is 23.0 Å². The van der Waals surface area contributed by atoms with E-state index >= 15 is 0 Å². The van der Waals surface area contributed by atoms with Gasteiger partial charge in [-0.15, -0.1) is 5.10 Å². The normalized spacial score (nSPS) is 10.4. The molecule has 0 aliphatic carbocycles. The number of rotatable bonds is 6. The lowest BCUT2D eigenvalue weighted by molar-refractivity contribution is -0.118. The number of hydrogen-bond donors (Lipinski definition) is 1. The molecule has 0 bridgehead atoms. The van der Waals surface area contributed by atoms with E-state index in [1.54, 1.807) is 18.2 Å². The first-order valence-corrected chi connectivity index (χ1v) is 8.03. The molecule has 0 unspecified atom stereocenters. The molecular weight excluding hydrogens is 334 g/mol. The summed E-state index contributed by atoms with van der Waals surface area (Å²) in [5.41, 5.74) is 2.99. The second-order valence-corrected chi connectivity index (χ2v) is 5.78. The monoisotopic (exact) mass is 353 g/mol. The highest BCUT2D eigenvalue weighted by Crippen LogP contribution is 2.26. The van der Waals surface area contributed by atoms with E-state index in [1.807, 2.05) is 32.0 Å². The molecule has 0 aliphatic heterocycles. The Morgan fingerprint density at radius 3 is 2.46 bits per heavy atom. The molecule has 7 heteroatoms. The summed E-state index contributed by atoms with van der Waals surface area (Å²) >= 11 is 0. The molecule has 134 valence electrons. The van der Waals surface area contributed by atoms with Crippen LogP contribution in [0.2, 0.25) is 0 Å². The number of amides is 1. The fourth-order valence-corrected chi connectivity index (χ4v) is 2.53. The summed E-state index contributed by atoms with van der Waals surface area (Å²) in [6, 6.07) is 13.0. The van der Waals surface area contributed by atoms with Crippen LogP contribution in [0.1, 0.15) is 11.1 Å². The van der Waals surface area contributed by atoms with Crippen molar-refractivity contribution >= 4 is 11.9 Å². The average Bonchev–Trinajstić information content (AvgIpc) is 3.08. The summed E-state index contributed by atoms with van der Waals surface area (Å²) in [5.74, 6) is 0.964. The molecule has 0 atom stereocenters. The van der Waals surface area contributed by atoms with Crippen molar-refractivity contribution in [1.82, 2.24) is 10.2 Å². The summed E-state index contributed by atoms with van der Waals surface area (Å²) in [6.07, 6.45) is 0. The number of methoxy groups -OCH3 is 1. The second-order valence-electron chi connectivity index (χ2n) is 5.78. The maximum atomic E-state index is 12.0. The van der Waals surface area contributed by atoms with Gasteiger partial charge < -0.3 is 13.9 Å². The first kappa shape index (κ1) is 17.5. The number of aromatic nitrogens is 2. The fraction of sp³-hybridized carbons (Fsp3) is 0.211. The minimum atomic E-state index is -0.411. The smallest absolute Gasteiger partial charge is 0.322 e. The second kappa shape index (κ2) is 7.69. The zero-order chi connectivity index (χ0) is 18.5. The molecule has 2 aromatic carbocycles. The first-order valence-electron chi connectivity index (χ1n) is 8.03. The quantitative estimate of drug-likeness (QED) is 0.731. The van der Waals surface area contributed by atoms with Gasteiger partial charge in [0.15, 0.2) is 18.1 Å².